The Balaban J connectivity index is 1.95. The van der Waals surface area contributed by atoms with Crippen LogP contribution in [0.3, 0.4) is 0 Å². The first-order valence-corrected chi connectivity index (χ1v) is 8.34. The van der Waals surface area contributed by atoms with Crippen molar-refractivity contribution in [3.05, 3.63) is 34.4 Å². The Labute approximate surface area is 137 Å². The SMILES string of the molecule is CCOC1CCC2(C1)OC(=O)C(c1c(C)cc(C)cc1C)C2=O. The molecule has 1 heterocycles. The van der Waals surface area contributed by atoms with Gasteiger partial charge in [0, 0.05) is 13.0 Å². The van der Waals surface area contributed by atoms with E-state index in [1.54, 1.807) is 0 Å². The molecule has 3 atom stereocenters. The van der Waals surface area contributed by atoms with E-state index in [0.717, 1.165) is 28.7 Å². The lowest BCUT2D eigenvalue weighted by atomic mass is 9.82. The van der Waals surface area contributed by atoms with Crippen molar-refractivity contribution in [1.82, 2.24) is 0 Å². The van der Waals surface area contributed by atoms with Gasteiger partial charge in [0.2, 0.25) is 0 Å². The third-order valence-electron chi connectivity index (χ3n) is 5.10. The zero-order chi connectivity index (χ0) is 16.8. The van der Waals surface area contributed by atoms with Crippen molar-refractivity contribution >= 4 is 11.8 Å². The number of carbonyl (C=O) groups excluding carboxylic acids is 2. The first kappa shape index (κ1) is 16.2. The van der Waals surface area contributed by atoms with E-state index in [0.29, 0.717) is 19.4 Å². The number of esters is 1. The van der Waals surface area contributed by atoms with Crippen molar-refractivity contribution in [3.63, 3.8) is 0 Å². The number of ether oxygens (including phenoxy) is 2. The quantitative estimate of drug-likeness (QED) is 0.635. The molecule has 0 aromatic heterocycles. The summed E-state index contributed by atoms with van der Waals surface area (Å²) in [4.78, 5) is 25.6. The molecule has 1 aromatic rings. The largest absolute Gasteiger partial charge is 0.450 e. The van der Waals surface area contributed by atoms with Crippen LogP contribution in [0, 0.1) is 20.8 Å². The molecule has 1 aromatic carbocycles. The number of hydrogen-bond donors (Lipinski definition) is 0. The fourth-order valence-electron chi connectivity index (χ4n) is 4.23. The van der Waals surface area contributed by atoms with E-state index in [4.69, 9.17) is 9.47 Å². The summed E-state index contributed by atoms with van der Waals surface area (Å²) in [6, 6.07) is 4.04. The summed E-state index contributed by atoms with van der Waals surface area (Å²) in [6.45, 7) is 8.48. The van der Waals surface area contributed by atoms with Crippen LogP contribution in [0.4, 0.5) is 0 Å². The summed E-state index contributed by atoms with van der Waals surface area (Å²) in [5.41, 5.74) is 2.95. The molecule has 0 bridgehead atoms. The maximum Gasteiger partial charge on any atom is 0.322 e. The van der Waals surface area contributed by atoms with E-state index in [9.17, 15) is 9.59 Å². The molecule has 0 radical (unpaired) electrons. The maximum atomic E-state index is 13.1. The van der Waals surface area contributed by atoms with Gasteiger partial charge in [0.15, 0.2) is 11.4 Å². The summed E-state index contributed by atoms with van der Waals surface area (Å²) in [5.74, 6) is -1.27. The summed E-state index contributed by atoms with van der Waals surface area (Å²) in [6.07, 6.45) is 1.84. The standard InChI is InChI=1S/C19H24O4/c1-5-22-14-6-7-19(10-14)17(20)16(18(21)23-19)15-12(3)8-11(2)9-13(15)4/h8-9,14,16H,5-7,10H2,1-4H3. The van der Waals surface area contributed by atoms with Crippen molar-refractivity contribution in [1.29, 1.82) is 0 Å². The van der Waals surface area contributed by atoms with Gasteiger partial charge >= 0.3 is 5.97 Å². The van der Waals surface area contributed by atoms with E-state index < -0.39 is 17.5 Å². The number of Topliss-reactive ketones (excluding diaryl/α,β-unsaturated/α-hetero) is 1. The second kappa shape index (κ2) is 5.75. The van der Waals surface area contributed by atoms with Crippen LogP contribution in [0.15, 0.2) is 12.1 Å². The van der Waals surface area contributed by atoms with Gasteiger partial charge in [0.05, 0.1) is 6.10 Å². The van der Waals surface area contributed by atoms with Gasteiger partial charge in [-0.25, -0.2) is 0 Å². The van der Waals surface area contributed by atoms with Crippen LogP contribution in [0.2, 0.25) is 0 Å². The van der Waals surface area contributed by atoms with E-state index in [-0.39, 0.29) is 11.9 Å². The molecule has 4 heteroatoms. The monoisotopic (exact) mass is 316 g/mol. The molecule has 0 amide bonds. The summed E-state index contributed by atoms with van der Waals surface area (Å²) in [5, 5.41) is 0. The molecule has 1 saturated carbocycles. The van der Waals surface area contributed by atoms with E-state index in [1.165, 1.54) is 0 Å². The molecule has 23 heavy (non-hydrogen) atoms. The first-order valence-electron chi connectivity index (χ1n) is 8.34. The maximum absolute atomic E-state index is 13.1. The normalized spacial score (nSPS) is 30.3. The van der Waals surface area contributed by atoms with Gasteiger partial charge in [-0.2, -0.15) is 0 Å². The zero-order valence-corrected chi connectivity index (χ0v) is 14.3. The van der Waals surface area contributed by atoms with Crippen molar-refractivity contribution < 1.29 is 19.1 Å². The van der Waals surface area contributed by atoms with Gasteiger partial charge in [0.1, 0.15) is 5.92 Å². The highest BCUT2D eigenvalue weighted by atomic mass is 16.6. The lowest BCUT2D eigenvalue weighted by Gasteiger charge is -2.20. The predicted octanol–water partition coefficient (Wildman–Crippen LogP) is 3.15. The van der Waals surface area contributed by atoms with Crippen LogP contribution in [0.1, 0.15) is 54.4 Å². The van der Waals surface area contributed by atoms with E-state index in [1.807, 2.05) is 39.8 Å². The van der Waals surface area contributed by atoms with Crippen molar-refractivity contribution in [2.75, 3.05) is 6.61 Å². The van der Waals surface area contributed by atoms with Crippen LogP contribution >= 0.6 is 0 Å². The molecule has 3 unspecified atom stereocenters. The molecule has 2 fully saturated rings. The van der Waals surface area contributed by atoms with Gasteiger partial charge < -0.3 is 9.47 Å². The fraction of sp³-hybridized carbons (Fsp3) is 0.579. The zero-order valence-electron chi connectivity index (χ0n) is 14.3. The molecule has 124 valence electrons. The third kappa shape index (κ3) is 2.59. The minimum atomic E-state index is -0.967. The van der Waals surface area contributed by atoms with Gasteiger partial charge in [-0.15, -0.1) is 0 Å². The minimum Gasteiger partial charge on any atom is -0.450 e. The van der Waals surface area contributed by atoms with Crippen molar-refractivity contribution in [3.8, 4) is 0 Å². The van der Waals surface area contributed by atoms with Gasteiger partial charge in [0.25, 0.3) is 0 Å². The van der Waals surface area contributed by atoms with Crippen LogP contribution in [0.5, 0.6) is 0 Å². The van der Waals surface area contributed by atoms with Crippen LogP contribution in [-0.2, 0) is 19.1 Å². The van der Waals surface area contributed by atoms with Crippen molar-refractivity contribution in [2.24, 2.45) is 0 Å². The number of rotatable bonds is 3. The molecule has 1 saturated heterocycles. The van der Waals surface area contributed by atoms with Crippen LogP contribution < -0.4 is 0 Å². The Morgan fingerprint density at radius 2 is 1.87 bits per heavy atom. The molecule has 0 N–H and O–H groups in total. The topological polar surface area (TPSA) is 52.6 Å². The number of ketones is 1. The highest BCUT2D eigenvalue weighted by Gasteiger charge is 2.59. The van der Waals surface area contributed by atoms with Crippen LogP contribution in [-0.4, -0.2) is 30.1 Å². The molecule has 4 nitrogen and oxygen atoms in total. The second-order valence-corrected chi connectivity index (χ2v) is 6.85. The van der Waals surface area contributed by atoms with E-state index >= 15 is 0 Å². The first-order chi connectivity index (χ1) is 10.9. The molecule has 2 aliphatic rings. The number of benzene rings is 1. The van der Waals surface area contributed by atoms with Gasteiger partial charge in [-0.3, -0.25) is 9.59 Å². The summed E-state index contributed by atoms with van der Waals surface area (Å²) < 4.78 is 11.3. The van der Waals surface area contributed by atoms with Crippen molar-refractivity contribution in [2.45, 2.75) is 64.6 Å². The average molecular weight is 316 g/mol. The minimum absolute atomic E-state index is 0.00992. The Morgan fingerprint density at radius 3 is 2.48 bits per heavy atom. The van der Waals surface area contributed by atoms with Crippen LogP contribution in [0.25, 0.3) is 0 Å². The van der Waals surface area contributed by atoms with Gasteiger partial charge in [-0.1, -0.05) is 17.7 Å². The van der Waals surface area contributed by atoms with Gasteiger partial charge in [-0.05, 0) is 57.2 Å². The molecular weight excluding hydrogens is 292 g/mol. The lowest BCUT2D eigenvalue weighted by Crippen LogP contribution is -2.35. The Bertz CT molecular complexity index is 640. The molecule has 3 rings (SSSR count). The smallest absolute Gasteiger partial charge is 0.322 e. The molecular formula is C19H24O4. The Kier molecular flexibility index (Phi) is 4.05. The lowest BCUT2D eigenvalue weighted by molar-refractivity contribution is -0.152. The summed E-state index contributed by atoms with van der Waals surface area (Å²) >= 11 is 0. The Morgan fingerprint density at radius 1 is 1.22 bits per heavy atom. The number of aryl methyl sites for hydroxylation is 3. The highest BCUT2D eigenvalue weighted by molar-refractivity contribution is 6.14. The Hall–Kier alpha value is -1.68. The van der Waals surface area contributed by atoms with E-state index in [2.05, 4.69) is 0 Å². The highest BCUT2D eigenvalue weighted by Crippen LogP contribution is 2.46. The predicted molar refractivity (Wildman–Crippen MR) is 86.5 cm³/mol. The average Bonchev–Trinajstić information content (AvgIpc) is 2.95. The number of hydrogen-bond acceptors (Lipinski definition) is 4. The molecule has 1 spiro atoms. The summed E-state index contributed by atoms with van der Waals surface area (Å²) in [7, 11) is 0. The second-order valence-electron chi connectivity index (χ2n) is 6.85. The number of carbonyl (C=O) groups is 2. The molecule has 1 aliphatic carbocycles. The third-order valence-corrected chi connectivity index (χ3v) is 5.10. The molecule has 1 aliphatic heterocycles. The fourth-order valence-corrected chi connectivity index (χ4v) is 4.23.